The molecule has 1 aliphatic carbocycles. The molecule has 0 amide bonds. The number of hydrogen-bond acceptors (Lipinski definition) is 1. The van der Waals surface area contributed by atoms with Crippen molar-refractivity contribution in [1.82, 2.24) is 0 Å². The Balaban J connectivity index is 0.000000823. The molecule has 1 fully saturated rings. The molecule has 0 saturated heterocycles. The lowest BCUT2D eigenvalue weighted by atomic mass is 9.80. The Morgan fingerprint density at radius 1 is 1.16 bits per heavy atom. The lowest BCUT2D eigenvalue weighted by molar-refractivity contribution is 0.328. The Morgan fingerprint density at radius 3 is 2.16 bits per heavy atom. The van der Waals surface area contributed by atoms with Crippen LogP contribution in [0, 0.1) is 11.3 Å². The fourth-order valence-corrected chi connectivity index (χ4v) is 3.87. The number of allylic oxidation sites excluding steroid dienone is 5. The van der Waals surface area contributed by atoms with E-state index in [1.165, 1.54) is 62.7 Å². The van der Waals surface area contributed by atoms with E-state index in [0.29, 0.717) is 5.41 Å². The highest BCUT2D eigenvalue weighted by atomic mass is 14.7. The van der Waals surface area contributed by atoms with Crippen molar-refractivity contribution in [3.8, 4) is 0 Å². The van der Waals surface area contributed by atoms with Crippen LogP contribution in [0.1, 0.15) is 92.9 Å². The summed E-state index contributed by atoms with van der Waals surface area (Å²) < 4.78 is 0. The highest BCUT2D eigenvalue weighted by molar-refractivity contribution is 5.97. The van der Waals surface area contributed by atoms with E-state index in [4.69, 9.17) is 0 Å². The molecular formula is C24H43N. The second kappa shape index (κ2) is 13.1. The number of nitrogens with zero attached hydrogens (tertiary/aromatic N) is 1. The molecule has 25 heavy (non-hydrogen) atoms. The summed E-state index contributed by atoms with van der Waals surface area (Å²) in [5.74, 6) is 0.725. The monoisotopic (exact) mass is 345 g/mol. The third-order valence-electron chi connectivity index (χ3n) is 4.81. The van der Waals surface area contributed by atoms with E-state index in [0.717, 1.165) is 11.5 Å². The van der Waals surface area contributed by atoms with Crippen molar-refractivity contribution in [3.05, 3.63) is 36.0 Å². The molecule has 0 aromatic rings. The van der Waals surface area contributed by atoms with Gasteiger partial charge in [0.15, 0.2) is 0 Å². The van der Waals surface area contributed by atoms with Gasteiger partial charge in [-0.25, -0.2) is 0 Å². The molecule has 0 bridgehead atoms. The van der Waals surface area contributed by atoms with Gasteiger partial charge in [0.1, 0.15) is 0 Å². The summed E-state index contributed by atoms with van der Waals surface area (Å²) in [5, 5.41) is 0. The minimum absolute atomic E-state index is 0.431. The lowest BCUT2D eigenvalue weighted by Crippen LogP contribution is -2.17. The average molecular weight is 346 g/mol. The minimum atomic E-state index is 0.431. The van der Waals surface area contributed by atoms with Gasteiger partial charge in [-0.1, -0.05) is 76.3 Å². The molecule has 1 saturated carbocycles. The van der Waals surface area contributed by atoms with Crippen molar-refractivity contribution in [2.75, 3.05) is 7.05 Å². The third-order valence-corrected chi connectivity index (χ3v) is 4.81. The van der Waals surface area contributed by atoms with Gasteiger partial charge < -0.3 is 0 Å². The van der Waals surface area contributed by atoms with Gasteiger partial charge in [0.05, 0.1) is 0 Å². The largest absolute Gasteiger partial charge is 0.293 e. The van der Waals surface area contributed by atoms with Crippen molar-refractivity contribution >= 4 is 5.71 Å². The summed E-state index contributed by atoms with van der Waals surface area (Å²) in [6.07, 6.45) is 17.0. The van der Waals surface area contributed by atoms with Crippen LogP contribution in [-0.4, -0.2) is 12.8 Å². The summed E-state index contributed by atoms with van der Waals surface area (Å²) >= 11 is 0. The van der Waals surface area contributed by atoms with Crippen molar-refractivity contribution in [1.29, 1.82) is 0 Å². The number of hydrogen-bond donors (Lipinski definition) is 0. The molecule has 0 unspecified atom stereocenters. The first-order valence-electron chi connectivity index (χ1n) is 10.2. The maximum atomic E-state index is 4.57. The lowest BCUT2D eigenvalue weighted by Gasteiger charge is -2.26. The van der Waals surface area contributed by atoms with Crippen LogP contribution in [0.5, 0.6) is 0 Å². The first-order valence-corrected chi connectivity index (χ1v) is 10.2. The van der Waals surface area contributed by atoms with Gasteiger partial charge >= 0.3 is 0 Å². The van der Waals surface area contributed by atoms with Crippen LogP contribution in [0.3, 0.4) is 0 Å². The summed E-state index contributed by atoms with van der Waals surface area (Å²) in [6.45, 7) is 16.9. The zero-order valence-electron chi connectivity index (χ0n) is 18.1. The van der Waals surface area contributed by atoms with Crippen molar-refractivity contribution < 1.29 is 0 Å². The highest BCUT2D eigenvalue weighted by Gasteiger charge is 2.20. The Kier molecular flexibility index (Phi) is 12.6. The third kappa shape index (κ3) is 12.0. The standard InChI is InChI=1S/C18H33N.C6H10/c1-6-12-18(3,4)14-15(2)13-17(19-5)16-10-8-7-9-11-16;1-4-5-6(2)3/h13,16H,6-12,14H2,1-5H3;4-5H,2H2,1,3H3/b15-13-,19-17?;5-4-. The van der Waals surface area contributed by atoms with Crippen molar-refractivity contribution in [3.63, 3.8) is 0 Å². The zero-order valence-corrected chi connectivity index (χ0v) is 18.1. The van der Waals surface area contributed by atoms with Crippen LogP contribution in [-0.2, 0) is 0 Å². The van der Waals surface area contributed by atoms with Crippen molar-refractivity contribution in [2.45, 2.75) is 92.9 Å². The normalized spacial score (nSPS) is 17.4. The van der Waals surface area contributed by atoms with E-state index >= 15 is 0 Å². The molecule has 144 valence electrons. The average Bonchev–Trinajstić information content (AvgIpc) is 2.53. The van der Waals surface area contributed by atoms with Gasteiger partial charge in [-0.15, -0.1) is 0 Å². The fraction of sp³-hybridized carbons (Fsp3) is 0.708. The van der Waals surface area contributed by atoms with Crippen LogP contribution >= 0.6 is 0 Å². The zero-order chi connectivity index (χ0) is 19.3. The van der Waals surface area contributed by atoms with Gasteiger partial charge in [0.2, 0.25) is 0 Å². The maximum absolute atomic E-state index is 4.57. The predicted molar refractivity (Wildman–Crippen MR) is 117 cm³/mol. The second-order valence-corrected chi connectivity index (χ2v) is 8.41. The Labute approximate surface area is 158 Å². The molecule has 0 heterocycles. The molecule has 0 atom stereocenters. The molecule has 1 rings (SSSR count). The van der Waals surface area contributed by atoms with E-state index in [-0.39, 0.29) is 0 Å². The van der Waals surface area contributed by atoms with Crippen molar-refractivity contribution in [2.24, 2.45) is 16.3 Å². The Morgan fingerprint density at radius 2 is 1.76 bits per heavy atom. The molecule has 1 heteroatoms. The van der Waals surface area contributed by atoms with E-state index < -0.39 is 0 Å². The smallest absolute Gasteiger partial charge is 0.0375 e. The molecule has 0 aliphatic heterocycles. The molecular weight excluding hydrogens is 302 g/mol. The van der Waals surface area contributed by atoms with Gasteiger partial charge in [-0.3, -0.25) is 4.99 Å². The van der Waals surface area contributed by atoms with Gasteiger partial charge in [-0.05, 0) is 57.9 Å². The molecule has 0 aromatic heterocycles. The summed E-state index contributed by atoms with van der Waals surface area (Å²) in [5.41, 5.74) is 4.40. The second-order valence-electron chi connectivity index (χ2n) is 8.41. The SMILES string of the molecule is C=C(C)/C=C\C.CCCC(C)(C)C/C(C)=C\C(=NC)C1CCCCC1. The first kappa shape index (κ1) is 23.9. The van der Waals surface area contributed by atoms with Gasteiger partial charge in [0, 0.05) is 18.7 Å². The van der Waals surface area contributed by atoms with Gasteiger partial charge in [0.25, 0.3) is 0 Å². The predicted octanol–water partition coefficient (Wildman–Crippen LogP) is 7.94. The highest BCUT2D eigenvalue weighted by Crippen LogP contribution is 2.31. The first-order chi connectivity index (χ1) is 11.8. The van der Waals surface area contributed by atoms with E-state index in [2.05, 4.69) is 45.3 Å². The number of rotatable bonds is 7. The molecule has 0 radical (unpaired) electrons. The Hall–Kier alpha value is -1.11. The fourth-order valence-electron chi connectivity index (χ4n) is 3.87. The van der Waals surface area contributed by atoms with E-state index in [1.807, 2.05) is 33.0 Å². The summed E-state index contributed by atoms with van der Waals surface area (Å²) in [4.78, 5) is 4.57. The summed E-state index contributed by atoms with van der Waals surface area (Å²) in [6, 6.07) is 0. The number of aliphatic imine (C=N–C) groups is 1. The molecule has 1 aliphatic rings. The van der Waals surface area contributed by atoms with E-state index in [1.54, 1.807) is 0 Å². The van der Waals surface area contributed by atoms with Crippen LogP contribution in [0.25, 0.3) is 0 Å². The molecule has 0 aromatic carbocycles. The van der Waals surface area contributed by atoms with Crippen LogP contribution in [0.4, 0.5) is 0 Å². The topological polar surface area (TPSA) is 12.4 Å². The van der Waals surface area contributed by atoms with Crippen LogP contribution < -0.4 is 0 Å². The molecule has 0 N–H and O–H groups in total. The summed E-state index contributed by atoms with van der Waals surface area (Å²) in [7, 11) is 1.96. The molecule has 1 nitrogen and oxygen atoms in total. The quantitative estimate of drug-likeness (QED) is 0.328. The Bertz CT molecular complexity index is 456. The minimum Gasteiger partial charge on any atom is -0.293 e. The van der Waals surface area contributed by atoms with Crippen LogP contribution in [0.15, 0.2) is 40.9 Å². The van der Waals surface area contributed by atoms with Gasteiger partial charge in [-0.2, -0.15) is 0 Å². The van der Waals surface area contributed by atoms with Crippen LogP contribution in [0.2, 0.25) is 0 Å². The molecule has 0 spiro atoms. The van der Waals surface area contributed by atoms with E-state index in [9.17, 15) is 0 Å². The maximum Gasteiger partial charge on any atom is 0.0375 e.